The number of amides is 5. The summed E-state index contributed by atoms with van der Waals surface area (Å²) in [6.07, 6.45) is 3.05. The zero-order valence-electron chi connectivity index (χ0n) is 28.7. The van der Waals surface area contributed by atoms with E-state index < -0.39 is 35.7 Å². The molecular weight excluding hydrogens is 662 g/mol. The first kappa shape index (κ1) is 36.6. The zero-order chi connectivity index (χ0) is 35.6. The number of hydrogen-bond donors (Lipinski definition) is 3. The Bertz CT molecular complexity index is 1630. The van der Waals surface area contributed by atoms with Gasteiger partial charge in [-0.25, -0.2) is 9.97 Å². The van der Waals surface area contributed by atoms with Crippen molar-refractivity contribution >= 4 is 40.9 Å². The molecule has 3 aromatic rings. The molecular formula is C35H45N7O7S. The Morgan fingerprint density at radius 2 is 1.74 bits per heavy atom. The van der Waals surface area contributed by atoms with E-state index in [4.69, 9.17) is 9.15 Å². The van der Waals surface area contributed by atoms with Crippen LogP contribution < -0.4 is 16.0 Å². The molecule has 268 valence electrons. The number of carbonyl (C=O) groups is 5. The Labute approximate surface area is 295 Å². The number of likely N-dealkylation sites (tertiary alicyclic amines) is 1. The number of aromatic nitrogens is 2. The fourth-order valence-electron chi connectivity index (χ4n) is 6.07. The molecule has 0 aliphatic carbocycles. The average molecular weight is 708 g/mol. The maximum atomic E-state index is 13.9. The summed E-state index contributed by atoms with van der Waals surface area (Å²) in [4.78, 5) is 78.8. The quantitative estimate of drug-likeness (QED) is 0.318. The van der Waals surface area contributed by atoms with Gasteiger partial charge in [-0.2, -0.15) is 0 Å². The molecule has 2 atom stereocenters. The van der Waals surface area contributed by atoms with E-state index in [9.17, 15) is 24.0 Å². The summed E-state index contributed by atoms with van der Waals surface area (Å²) in [5.74, 6) is -1.74. The lowest BCUT2D eigenvalue weighted by atomic mass is 9.95. The minimum absolute atomic E-state index is 0.000803. The van der Waals surface area contributed by atoms with Crippen LogP contribution in [0.3, 0.4) is 0 Å². The number of rotatable bonds is 8. The van der Waals surface area contributed by atoms with Crippen molar-refractivity contribution in [3.63, 3.8) is 0 Å². The monoisotopic (exact) mass is 707 g/mol. The van der Waals surface area contributed by atoms with E-state index in [1.54, 1.807) is 10.3 Å². The molecule has 50 heavy (non-hydrogen) atoms. The summed E-state index contributed by atoms with van der Waals surface area (Å²) in [5, 5.41) is 11.0. The second kappa shape index (κ2) is 17.3. The second-order valence-electron chi connectivity index (χ2n) is 12.9. The van der Waals surface area contributed by atoms with E-state index >= 15 is 0 Å². The molecule has 0 radical (unpaired) electrons. The minimum atomic E-state index is -0.741. The van der Waals surface area contributed by atoms with Gasteiger partial charge < -0.3 is 34.9 Å². The van der Waals surface area contributed by atoms with Gasteiger partial charge in [0.2, 0.25) is 23.6 Å². The molecule has 5 rings (SSSR count). The molecule has 2 aliphatic rings. The van der Waals surface area contributed by atoms with Gasteiger partial charge in [0, 0.05) is 50.5 Å². The second-order valence-corrected chi connectivity index (χ2v) is 13.8. The fourth-order valence-corrected chi connectivity index (χ4v) is 6.93. The number of thiazole rings is 1. The lowest BCUT2D eigenvalue weighted by Crippen LogP contribution is -2.49. The Kier molecular flexibility index (Phi) is 12.7. The van der Waals surface area contributed by atoms with Crippen molar-refractivity contribution in [1.29, 1.82) is 0 Å². The summed E-state index contributed by atoms with van der Waals surface area (Å²) in [7, 11) is 0. The van der Waals surface area contributed by atoms with Gasteiger partial charge >= 0.3 is 0 Å². The number of benzene rings is 1. The maximum Gasteiger partial charge on any atom is 0.273 e. The van der Waals surface area contributed by atoms with Crippen molar-refractivity contribution in [3.05, 3.63) is 69.8 Å². The summed E-state index contributed by atoms with van der Waals surface area (Å²) in [6, 6.07) is 8.27. The van der Waals surface area contributed by atoms with Gasteiger partial charge in [0.25, 0.3) is 11.8 Å². The van der Waals surface area contributed by atoms with Crippen LogP contribution in [0.1, 0.15) is 89.6 Å². The van der Waals surface area contributed by atoms with E-state index in [1.165, 1.54) is 22.5 Å². The van der Waals surface area contributed by atoms with E-state index in [-0.39, 0.29) is 61.3 Å². The Morgan fingerprint density at radius 1 is 0.980 bits per heavy atom. The number of oxazole rings is 1. The van der Waals surface area contributed by atoms with Crippen LogP contribution in [0.5, 0.6) is 0 Å². The van der Waals surface area contributed by atoms with Crippen LogP contribution in [0.15, 0.2) is 46.4 Å². The van der Waals surface area contributed by atoms with Crippen LogP contribution in [0, 0.1) is 11.8 Å². The highest BCUT2D eigenvalue weighted by atomic mass is 32.1. The van der Waals surface area contributed by atoms with Crippen molar-refractivity contribution in [1.82, 2.24) is 35.7 Å². The molecule has 4 bridgehead atoms. The van der Waals surface area contributed by atoms with Gasteiger partial charge in [-0.1, -0.05) is 44.2 Å². The summed E-state index contributed by atoms with van der Waals surface area (Å²) in [5.41, 5.74) is 1.14. The highest BCUT2D eigenvalue weighted by Crippen LogP contribution is 2.26. The molecule has 0 spiro atoms. The first-order valence-corrected chi connectivity index (χ1v) is 18.0. The van der Waals surface area contributed by atoms with E-state index in [2.05, 4.69) is 25.9 Å². The third kappa shape index (κ3) is 9.75. The number of hydrogen-bond acceptors (Lipinski definition) is 10. The molecule has 0 saturated carbocycles. The van der Waals surface area contributed by atoms with Gasteiger partial charge in [-0.15, -0.1) is 11.3 Å². The maximum absolute atomic E-state index is 13.9. The summed E-state index contributed by atoms with van der Waals surface area (Å²) >= 11 is 1.28. The minimum Gasteiger partial charge on any atom is -0.446 e. The molecule has 5 amide bonds. The van der Waals surface area contributed by atoms with E-state index in [0.29, 0.717) is 50.4 Å². The normalized spacial score (nSPS) is 19.7. The number of nitrogens with one attached hydrogen (secondary N) is 3. The fraction of sp³-hybridized carbons (Fsp3) is 0.514. The molecule has 1 fully saturated rings. The lowest BCUT2D eigenvalue weighted by Gasteiger charge is -2.34. The predicted octanol–water partition coefficient (Wildman–Crippen LogP) is 2.90. The lowest BCUT2D eigenvalue weighted by molar-refractivity contribution is -0.144. The number of piperidine rings is 1. The molecule has 1 aromatic carbocycles. The Hall–Kier alpha value is -4.63. The largest absolute Gasteiger partial charge is 0.446 e. The van der Waals surface area contributed by atoms with Gasteiger partial charge in [0.1, 0.15) is 29.6 Å². The van der Waals surface area contributed by atoms with Crippen molar-refractivity contribution in [2.75, 3.05) is 45.9 Å². The third-order valence-corrected chi connectivity index (χ3v) is 9.63. The first-order chi connectivity index (χ1) is 24.1. The summed E-state index contributed by atoms with van der Waals surface area (Å²) < 4.78 is 11.0. The molecule has 15 heteroatoms. The Morgan fingerprint density at radius 3 is 2.46 bits per heavy atom. The average Bonchev–Trinajstić information content (AvgIpc) is 3.81. The van der Waals surface area contributed by atoms with Gasteiger partial charge in [0.15, 0.2) is 5.69 Å². The topological polar surface area (TPSA) is 176 Å². The van der Waals surface area contributed by atoms with Crippen LogP contribution in [-0.2, 0) is 25.5 Å². The molecule has 1 saturated heterocycles. The smallest absolute Gasteiger partial charge is 0.273 e. The van der Waals surface area contributed by atoms with Crippen molar-refractivity contribution < 1.29 is 33.1 Å². The SMILES string of the molecule is CCOCC(=O)N1CCC(C(=O)N2CCNC(=O)c3csc(n3)[C@H](CC(C)C)NC(=O)c3coc(n3)[C@H](Cc3ccccc3)NC(=O)C2)CC1. The molecule has 4 heterocycles. The zero-order valence-corrected chi connectivity index (χ0v) is 29.5. The molecule has 14 nitrogen and oxygen atoms in total. The highest BCUT2D eigenvalue weighted by Gasteiger charge is 2.32. The van der Waals surface area contributed by atoms with Crippen LogP contribution >= 0.6 is 11.3 Å². The highest BCUT2D eigenvalue weighted by molar-refractivity contribution is 7.09. The van der Waals surface area contributed by atoms with Crippen molar-refractivity contribution in [2.45, 2.75) is 58.5 Å². The van der Waals surface area contributed by atoms with E-state index in [0.717, 1.165) is 5.56 Å². The number of carbonyl (C=O) groups excluding carboxylic acids is 5. The molecule has 2 aliphatic heterocycles. The van der Waals surface area contributed by atoms with Crippen LogP contribution in [0.25, 0.3) is 0 Å². The van der Waals surface area contributed by atoms with Gasteiger partial charge in [-0.3, -0.25) is 24.0 Å². The third-order valence-electron chi connectivity index (χ3n) is 8.68. The van der Waals surface area contributed by atoms with Crippen molar-refractivity contribution in [2.24, 2.45) is 11.8 Å². The predicted molar refractivity (Wildman–Crippen MR) is 184 cm³/mol. The number of fused-ring (bicyclic) bond motifs is 4. The number of nitrogens with zero attached hydrogens (tertiary/aromatic N) is 4. The van der Waals surface area contributed by atoms with Gasteiger partial charge in [-0.05, 0) is 37.7 Å². The van der Waals surface area contributed by atoms with Gasteiger partial charge in [0.05, 0.1) is 12.6 Å². The first-order valence-electron chi connectivity index (χ1n) is 17.1. The standard InChI is InChI=1S/C35H45N7O7S/c1-4-48-20-30(44)41-13-10-24(11-14-41)35(47)42-15-12-36-31(45)28-21-50-34(40-28)26(16-22(2)3)38-32(46)27-19-49-33(39-27)25(37-29(43)18-42)17-23-8-6-5-7-9-23/h5-9,19,21-22,24-26H,4,10-18,20H2,1-3H3,(H,36,45)(H,37,43)(H,38,46)/t25-,26-/m0/s1. The van der Waals surface area contributed by atoms with Crippen LogP contribution in [-0.4, -0.2) is 95.2 Å². The van der Waals surface area contributed by atoms with E-state index in [1.807, 2.05) is 51.1 Å². The van der Waals surface area contributed by atoms with Crippen LogP contribution in [0.2, 0.25) is 0 Å². The molecule has 3 N–H and O–H groups in total. The van der Waals surface area contributed by atoms with Crippen molar-refractivity contribution in [3.8, 4) is 0 Å². The van der Waals surface area contributed by atoms with Crippen LogP contribution in [0.4, 0.5) is 0 Å². The summed E-state index contributed by atoms with van der Waals surface area (Å²) in [6.45, 7) is 7.02. The number of ether oxygens (including phenoxy) is 1. The molecule has 2 aromatic heterocycles. The Balaban J connectivity index is 1.40. The molecule has 0 unspecified atom stereocenters.